The van der Waals surface area contributed by atoms with Crippen LogP contribution in [0.4, 0.5) is 5.95 Å². The minimum absolute atomic E-state index is 0.642. The van der Waals surface area contributed by atoms with E-state index in [0.717, 1.165) is 41.0 Å². The van der Waals surface area contributed by atoms with E-state index >= 15 is 0 Å². The standard InChI is InChI=1S/C15H14BrN5/c16-13-1-2-14-12(5-13)6-18-15(19-14)21-8-11(9-21)7-20-4-3-17-10-20/h1-6,10-11H,7-9H2. The van der Waals surface area contributed by atoms with Gasteiger partial charge in [0.15, 0.2) is 0 Å². The van der Waals surface area contributed by atoms with Crippen LogP contribution in [0.3, 0.4) is 0 Å². The predicted octanol–water partition coefficient (Wildman–Crippen LogP) is 2.73. The van der Waals surface area contributed by atoms with Gasteiger partial charge in [-0.1, -0.05) is 15.9 Å². The van der Waals surface area contributed by atoms with Crippen molar-refractivity contribution >= 4 is 32.8 Å². The highest BCUT2D eigenvalue weighted by Crippen LogP contribution is 2.25. The molecule has 1 aromatic carbocycles. The van der Waals surface area contributed by atoms with Crippen molar-refractivity contribution in [3.05, 3.63) is 47.6 Å². The summed E-state index contributed by atoms with van der Waals surface area (Å²) in [4.78, 5) is 15.4. The molecule has 0 N–H and O–H groups in total. The van der Waals surface area contributed by atoms with E-state index in [9.17, 15) is 0 Å². The molecule has 4 rings (SSSR count). The van der Waals surface area contributed by atoms with Crippen molar-refractivity contribution in [1.29, 1.82) is 0 Å². The lowest BCUT2D eigenvalue weighted by Crippen LogP contribution is -2.49. The number of fused-ring (bicyclic) bond motifs is 1. The number of hydrogen-bond donors (Lipinski definition) is 0. The maximum absolute atomic E-state index is 4.64. The predicted molar refractivity (Wildman–Crippen MR) is 85.2 cm³/mol. The van der Waals surface area contributed by atoms with E-state index < -0.39 is 0 Å². The quantitative estimate of drug-likeness (QED) is 0.733. The van der Waals surface area contributed by atoms with E-state index in [4.69, 9.17) is 0 Å². The molecule has 0 unspecified atom stereocenters. The Labute approximate surface area is 130 Å². The molecule has 0 bridgehead atoms. The summed E-state index contributed by atoms with van der Waals surface area (Å²) in [6.07, 6.45) is 7.59. The van der Waals surface area contributed by atoms with Crippen LogP contribution in [0.2, 0.25) is 0 Å². The van der Waals surface area contributed by atoms with E-state index in [1.165, 1.54) is 0 Å². The van der Waals surface area contributed by atoms with E-state index in [0.29, 0.717) is 5.92 Å². The second kappa shape index (κ2) is 5.11. The molecule has 0 saturated carbocycles. The van der Waals surface area contributed by atoms with Gasteiger partial charge in [0.05, 0.1) is 11.8 Å². The molecule has 0 amide bonds. The Kier molecular flexibility index (Phi) is 3.11. The first kappa shape index (κ1) is 12.8. The second-order valence-electron chi connectivity index (χ2n) is 5.40. The summed E-state index contributed by atoms with van der Waals surface area (Å²) in [6.45, 7) is 3.01. The number of benzene rings is 1. The molecular formula is C15H14BrN5. The molecule has 1 aliphatic rings. The molecule has 3 aromatic rings. The molecule has 1 fully saturated rings. The molecule has 6 heteroatoms. The first-order chi connectivity index (χ1) is 10.3. The van der Waals surface area contributed by atoms with Crippen LogP contribution in [0.5, 0.6) is 0 Å². The number of rotatable bonds is 3. The number of aromatic nitrogens is 4. The van der Waals surface area contributed by atoms with Crippen LogP contribution < -0.4 is 4.90 Å². The summed E-state index contributed by atoms with van der Waals surface area (Å²) in [6, 6.07) is 6.07. The third kappa shape index (κ3) is 2.51. The van der Waals surface area contributed by atoms with Gasteiger partial charge in [0.25, 0.3) is 0 Å². The molecule has 3 heterocycles. The van der Waals surface area contributed by atoms with Crippen LogP contribution in [0.15, 0.2) is 47.6 Å². The summed E-state index contributed by atoms with van der Waals surface area (Å²) in [5, 5.41) is 1.06. The highest BCUT2D eigenvalue weighted by molar-refractivity contribution is 9.10. The van der Waals surface area contributed by atoms with Crippen LogP contribution in [0, 0.1) is 5.92 Å². The maximum atomic E-state index is 4.64. The van der Waals surface area contributed by atoms with Gasteiger partial charge in [0, 0.05) is 54.0 Å². The zero-order valence-corrected chi connectivity index (χ0v) is 12.9. The Morgan fingerprint density at radius 2 is 2.19 bits per heavy atom. The summed E-state index contributed by atoms with van der Waals surface area (Å²) >= 11 is 3.47. The van der Waals surface area contributed by atoms with Crippen molar-refractivity contribution < 1.29 is 0 Å². The molecule has 1 aliphatic heterocycles. The van der Waals surface area contributed by atoms with Gasteiger partial charge in [0.2, 0.25) is 5.95 Å². The minimum Gasteiger partial charge on any atom is -0.340 e. The highest BCUT2D eigenvalue weighted by Gasteiger charge is 2.28. The number of hydrogen-bond acceptors (Lipinski definition) is 4. The molecule has 2 aromatic heterocycles. The van der Waals surface area contributed by atoms with Crippen molar-refractivity contribution in [2.45, 2.75) is 6.54 Å². The Balaban J connectivity index is 1.47. The number of halogens is 1. The maximum Gasteiger partial charge on any atom is 0.225 e. The molecular weight excluding hydrogens is 330 g/mol. The van der Waals surface area contributed by atoms with E-state index in [1.54, 1.807) is 0 Å². The molecule has 0 aliphatic carbocycles. The van der Waals surface area contributed by atoms with E-state index in [-0.39, 0.29) is 0 Å². The zero-order chi connectivity index (χ0) is 14.2. The van der Waals surface area contributed by atoms with Gasteiger partial charge >= 0.3 is 0 Å². The number of imidazole rings is 1. The van der Waals surface area contributed by atoms with Gasteiger partial charge in [-0.25, -0.2) is 15.0 Å². The summed E-state index contributed by atoms with van der Waals surface area (Å²) in [7, 11) is 0. The topological polar surface area (TPSA) is 46.8 Å². The monoisotopic (exact) mass is 343 g/mol. The first-order valence-electron chi connectivity index (χ1n) is 6.91. The van der Waals surface area contributed by atoms with Gasteiger partial charge in [-0.2, -0.15) is 0 Å². The van der Waals surface area contributed by atoms with Crippen molar-refractivity contribution in [3.8, 4) is 0 Å². The lowest BCUT2D eigenvalue weighted by Gasteiger charge is -2.39. The van der Waals surface area contributed by atoms with Crippen molar-refractivity contribution in [1.82, 2.24) is 19.5 Å². The Bertz CT molecular complexity index is 765. The van der Waals surface area contributed by atoms with E-state index in [2.05, 4.69) is 40.3 Å². The van der Waals surface area contributed by atoms with Gasteiger partial charge in [-0.15, -0.1) is 0 Å². The Morgan fingerprint density at radius 3 is 3.00 bits per heavy atom. The Hall–Kier alpha value is -1.95. The molecule has 5 nitrogen and oxygen atoms in total. The highest BCUT2D eigenvalue weighted by atomic mass is 79.9. The molecule has 1 saturated heterocycles. The zero-order valence-electron chi connectivity index (χ0n) is 11.4. The third-order valence-electron chi connectivity index (χ3n) is 3.80. The van der Waals surface area contributed by atoms with Crippen LogP contribution in [0.25, 0.3) is 10.9 Å². The smallest absolute Gasteiger partial charge is 0.225 e. The molecule has 0 spiro atoms. The molecule has 21 heavy (non-hydrogen) atoms. The molecule has 0 atom stereocenters. The molecule has 0 radical (unpaired) electrons. The Morgan fingerprint density at radius 1 is 1.29 bits per heavy atom. The summed E-state index contributed by atoms with van der Waals surface area (Å²) in [5.41, 5.74) is 0.987. The van der Waals surface area contributed by atoms with Crippen LogP contribution in [0.1, 0.15) is 0 Å². The van der Waals surface area contributed by atoms with Gasteiger partial charge in [-0.05, 0) is 18.2 Å². The first-order valence-corrected chi connectivity index (χ1v) is 7.70. The van der Waals surface area contributed by atoms with Crippen LogP contribution in [-0.4, -0.2) is 32.6 Å². The summed E-state index contributed by atoms with van der Waals surface area (Å²) in [5.74, 6) is 1.47. The largest absolute Gasteiger partial charge is 0.340 e. The van der Waals surface area contributed by atoms with Gasteiger partial charge in [-0.3, -0.25) is 0 Å². The fourth-order valence-electron chi connectivity index (χ4n) is 2.69. The average molecular weight is 344 g/mol. The fourth-order valence-corrected chi connectivity index (χ4v) is 3.07. The lowest BCUT2D eigenvalue weighted by molar-refractivity contribution is 0.353. The summed E-state index contributed by atoms with van der Waals surface area (Å²) < 4.78 is 3.18. The van der Waals surface area contributed by atoms with Gasteiger partial charge in [0.1, 0.15) is 0 Å². The van der Waals surface area contributed by atoms with Crippen LogP contribution in [-0.2, 0) is 6.54 Å². The third-order valence-corrected chi connectivity index (χ3v) is 4.29. The fraction of sp³-hybridized carbons (Fsp3) is 0.267. The van der Waals surface area contributed by atoms with Crippen LogP contribution >= 0.6 is 15.9 Å². The second-order valence-corrected chi connectivity index (χ2v) is 6.32. The minimum atomic E-state index is 0.642. The number of anilines is 1. The normalized spacial score (nSPS) is 15.4. The number of nitrogens with zero attached hydrogens (tertiary/aromatic N) is 5. The van der Waals surface area contributed by atoms with Crippen molar-refractivity contribution in [2.75, 3.05) is 18.0 Å². The van der Waals surface area contributed by atoms with Crippen molar-refractivity contribution in [2.24, 2.45) is 5.92 Å². The SMILES string of the molecule is Brc1ccc2nc(N3CC(Cn4ccnc4)C3)ncc2c1. The van der Waals surface area contributed by atoms with Crippen molar-refractivity contribution in [3.63, 3.8) is 0 Å². The molecule has 106 valence electrons. The average Bonchev–Trinajstić information content (AvgIpc) is 2.95. The van der Waals surface area contributed by atoms with Gasteiger partial charge < -0.3 is 9.47 Å². The van der Waals surface area contributed by atoms with E-state index in [1.807, 2.05) is 43.1 Å². The lowest BCUT2D eigenvalue weighted by atomic mass is 10.0.